The van der Waals surface area contributed by atoms with Crippen molar-refractivity contribution in [1.82, 2.24) is 8.80 Å². The lowest BCUT2D eigenvalue weighted by Gasteiger charge is -2.21. The molecule has 4 heterocycles. The third-order valence-corrected chi connectivity index (χ3v) is 14.3. The number of rotatable bonds is 0. The summed E-state index contributed by atoms with van der Waals surface area (Å²) >= 11 is 0. The Morgan fingerprint density at radius 2 is 0.583 bits per heavy atom. The molecule has 0 aliphatic carbocycles. The Morgan fingerprint density at radius 3 is 0.933 bits per heavy atom. The van der Waals surface area contributed by atoms with Crippen LogP contribution in [0.25, 0.3) is 109 Å². The Labute approximate surface area is 352 Å². The summed E-state index contributed by atoms with van der Waals surface area (Å²) < 4.78 is 5.28. The first kappa shape index (κ1) is 36.0. The first-order valence-electron chi connectivity index (χ1n) is 22.0. The van der Waals surface area contributed by atoms with Gasteiger partial charge in [0.15, 0.2) is 0 Å². The normalized spacial score (nSPS) is 14.0. The number of hydrogen-bond acceptors (Lipinski definition) is 0. The Hall–Kier alpha value is -5.86. The van der Waals surface area contributed by atoms with Gasteiger partial charge in [-0.05, 0) is 103 Å². The summed E-state index contributed by atoms with van der Waals surface area (Å²) in [5.41, 5.74) is 13.4. The monoisotopic (exact) mass is 778 g/mol. The molecule has 0 bridgehead atoms. The molecule has 4 aromatic heterocycles. The molecule has 0 atom stereocenters. The summed E-state index contributed by atoms with van der Waals surface area (Å²) in [5.74, 6) is 0. The summed E-state index contributed by atoms with van der Waals surface area (Å²) in [7, 11) is 0. The molecule has 0 N–H and O–H groups in total. The smallest absolute Gasteiger partial charge is 0.0626 e. The standard InChI is InChI=1S/C58H54N2/c1-55(2,3)31-21-23-45-39(25-31)41-27-33(57(7,8)9)29-43-49-47-36-18-14-16-20-38(36)54-50(48(47)35-17-13-15-19-37(35)53(49)59(45)51(41)43)44-30-34(58(10,11)12)28-42-40-26-32(56(4,5)6)22-24-46(40)60(54)52(42)44/h13-30H,1-12H3. The highest BCUT2D eigenvalue weighted by Crippen LogP contribution is 2.54. The zero-order chi connectivity index (χ0) is 41.7. The molecule has 0 saturated carbocycles. The zero-order valence-electron chi connectivity index (χ0n) is 37.3. The van der Waals surface area contributed by atoms with Crippen LogP contribution in [0.15, 0.2) is 109 Å². The summed E-state index contributed by atoms with van der Waals surface area (Å²) in [6.45, 7) is 28.2. The van der Waals surface area contributed by atoms with Gasteiger partial charge in [0, 0.05) is 64.6 Å². The molecule has 296 valence electrons. The minimum Gasteiger partial charge on any atom is -0.307 e. The first-order valence-corrected chi connectivity index (χ1v) is 22.0. The Kier molecular flexibility index (Phi) is 6.66. The van der Waals surface area contributed by atoms with Crippen LogP contribution in [0.3, 0.4) is 0 Å². The number of nitrogens with zero attached hydrogens (tertiary/aromatic N) is 2. The molecular formula is C58H54N2. The fourth-order valence-corrected chi connectivity index (χ4v) is 11.0. The van der Waals surface area contributed by atoms with E-state index in [0.717, 1.165) is 0 Å². The van der Waals surface area contributed by atoms with Gasteiger partial charge in [0.05, 0.1) is 33.1 Å². The van der Waals surface area contributed by atoms with Crippen molar-refractivity contribution < 1.29 is 0 Å². The fourth-order valence-electron chi connectivity index (χ4n) is 11.0. The predicted octanol–water partition coefficient (Wildman–Crippen LogP) is 16.6. The maximum absolute atomic E-state index is 2.64. The second-order valence-electron chi connectivity index (χ2n) is 22.3. The van der Waals surface area contributed by atoms with Gasteiger partial charge >= 0.3 is 0 Å². The molecule has 8 aromatic carbocycles. The molecule has 0 spiro atoms. The van der Waals surface area contributed by atoms with Crippen LogP contribution in [0, 0.1) is 0 Å². The van der Waals surface area contributed by atoms with Crippen molar-refractivity contribution in [1.29, 1.82) is 0 Å². The van der Waals surface area contributed by atoms with Crippen LogP contribution >= 0.6 is 0 Å². The lowest BCUT2D eigenvalue weighted by Crippen LogP contribution is -2.11. The van der Waals surface area contributed by atoms with Crippen molar-refractivity contribution in [2.75, 3.05) is 0 Å². The van der Waals surface area contributed by atoms with Crippen molar-refractivity contribution in [2.24, 2.45) is 0 Å². The van der Waals surface area contributed by atoms with Gasteiger partial charge in [-0.2, -0.15) is 0 Å². The van der Waals surface area contributed by atoms with E-state index in [-0.39, 0.29) is 21.7 Å². The molecule has 12 aromatic rings. The second-order valence-corrected chi connectivity index (χ2v) is 22.3. The Balaban J connectivity index is 1.41. The quantitative estimate of drug-likeness (QED) is 0.136. The van der Waals surface area contributed by atoms with E-state index in [9.17, 15) is 0 Å². The molecule has 0 unspecified atom stereocenters. The average molecular weight is 779 g/mol. The van der Waals surface area contributed by atoms with Crippen molar-refractivity contribution in [2.45, 2.75) is 105 Å². The SMILES string of the molecule is CC(C)(C)c1ccc2c(c1)c1cc(C(C)(C)C)cc3c4c5c6ccccc6c6c(c7cc(C(C)(C)C)cc8c9cc(C(C)(C)C)ccc9n6c87)c5c5ccccc5c4n2c13. The van der Waals surface area contributed by atoms with Gasteiger partial charge < -0.3 is 8.80 Å². The van der Waals surface area contributed by atoms with E-state index in [4.69, 9.17) is 0 Å². The highest BCUT2D eigenvalue weighted by atomic mass is 14.9. The number of aromatic nitrogens is 2. The molecule has 0 fully saturated rings. The molecule has 2 nitrogen and oxygen atoms in total. The molecule has 0 aliphatic rings. The molecule has 0 amide bonds. The zero-order valence-corrected chi connectivity index (χ0v) is 37.3. The lowest BCUT2D eigenvalue weighted by molar-refractivity contribution is 0.590. The molecule has 60 heavy (non-hydrogen) atoms. The van der Waals surface area contributed by atoms with E-state index in [2.05, 4.69) is 201 Å². The summed E-state index contributed by atoms with van der Waals surface area (Å²) in [6, 6.07) is 43.3. The van der Waals surface area contributed by atoms with Crippen LogP contribution in [0.4, 0.5) is 0 Å². The van der Waals surface area contributed by atoms with Gasteiger partial charge in [-0.15, -0.1) is 0 Å². The van der Waals surface area contributed by atoms with Crippen molar-refractivity contribution >= 4 is 109 Å². The number of fused-ring (bicyclic) bond motifs is 21. The first-order chi connectivity index (χ1) is 28.3. The van der Waals surface area contributed by atoms with E-state index in [1.165, 1.54) is 131 Å². The summed E-state index contributed by atoms with van der Waals surface area (Å²) in [5, 5.41) is 18.8. The van der Waals surface area contributed by atoms with Crippen LogP contribution in [0.1, 0.15) is 105 Å². The Morgan fingerprint density at radius 1 is 0.267 bits per heavy atom. The lowest BCUT2D eigenvalue weighted by atomic mass is 9.83. The van der Waals surface area contributed by atoms with E-state index in [1.54, 1.807) is 0 Å². The fraction of sp³-hybridized carbons (Fsp3) is 0.276. The van der Waals surface area contributed by atoms with Gasteiger partial charge in [-0.3, -0.25) is 0 Å². The van der Waals surface area contributed by atoms with Crippen LogP contribution in [-0.2, 0) is 21.7 Å². The van der Waals surface area contributed by atoms with Crippen molar-refractivity contribution in [3.05, 3.63) is 131 Å². The third kappa shape index (κ3) is 4.50. The Bertz CT molecular complexity index is 3580. The van der Waals surface area contributed by atoms with E-state index >= 15 is 0 Å². The van der Waals surface area contributed by atoms with Crippen molar-refractivity contribution in [3.8, 4) is 0 Å². The van der Waals surface area contributed by atoms with Crippen LogP contribution in [0.2, 0.25) is 0 Å². The van der Waals surface area contributed by atoms with Gasteiger partial charge in [0.1, 0.15) is 0 Å². The maximum atomic E-state index is 2.64. The molecule has 0 saturated heterocycles. The van der Waals surface area contributed by atoms with E-state index in [1.807, 2.05) is 0 Å². The molecule has 0 radical (unpaired) electrons. The van der Waals surface area contributed by atoms with Gasteiger partial charge in [0.2, 0.25) is 0 Å². The minimum absolute atomic E-state index is 0.0318. The second kappa shape index (κ2) is 11.1. The van der Waals surface area contributed by atoms with Crippen LogP contribution in [0.5, 0.6) is 0 Å². The number of benzene rings is 8. The summed E-state index contributed by atoms with van der Waals surface area (Å²) in [4.78, 5) is 0. The van der Waals surface area contributed by atoms with Crippen molar-refractivity contribution in [3.63, 3.8) is 0 Å². The van der Waals surface area contributed by atoms with Gasteiger partial charge in [0.25, 0.3) is 0 Å². The minimum atomic E-state index is -0.0318. The van der Waals surface area contributed by atoms with E-state index in [0.29, 0.717) is 0 Å². The molecule has 2 heteroatoms. The molecule has 12 rings (SSSR count). The number of hydrogen-bond donors (Lipinski definition) is 0. The topological polar surface area (TPSA) is 8.82 Å². The van der Waals surface area contributed by atoms with Gasteiger partial charge in [-0.25, -0.2) is 0 Å². The largest absolute Gasteiger partial charge is 0.307 e. The molecular weight excluding hydrogens is 725 g/mol. The maximum Gasteiger partial charge on any atom is 0.0626 e. The van der Waals surface area contributed by atoms with Crippen LogP contribution in [-0.4, -0.2) is 8.80 Å². The highest BCUT2D eigenvalue weighted by Gasteiger charge is 2.31. The summed E-state index contributed by atoms with van der Waals surface area (Å²) in [6.07, 6.45) is 0. The third-order valence-electron chi connectivity index (χ3n) is 14.3. The molecule has 0 aliphatic heterocycles. The predicted molar refractivity (Wildman–Crippen MR) is 263 cm³/mol. The van der Waals surface area contributed by atoms with Gasteiger partial charge in [-0.1, -0.05) is 144 Å². The average Bonchev–Trinajstić information content (AvgIpc) is 3.92. The van der Waals surface area contributed by atoms with E-state index < -0.39 is 0 Å². The highest BCUT2D eigenvalue weighted by molar-refractivity contribution is 6.47. The van der Waals surface area contributed by atoms with Crippen LogP contribution < -0.4 is 0 Å².